The Morgan fingerprint density at radius 1 is 1.11 bits per heavy atom. The molecule has 4 nitrogen and oxygen atoms in total. The topological polar surface area (TPSA) is 48.1 Å². The van der Waals surface area contributed by atoms with E-state index in [2.05, 4.69) is 33.6 Å². The number of thiocarbonyl (C=S) groups is 2. The first-order valence-electron chi connectivity index (χ1n) is 6.36. The van der Waals surface area contributed by atoms with E-state index < -0.39 is 0 Å². The first kappa shape index (κ1) is 13.5. The number of nitrogens with one attached hydrogen (secondary N) is 4. The van der Waals surface area contributed by atoms with E-state index >= 15 is 0 Å². The maximum atomic E-state index is 5.24. The zero-order valence-electron chi connectivity index (χ0n) is 10.7. The van der Waals surface area contributed by atoms with Crippen LogP contribution < -0.4 is 21.5 Å². The van der Waals surface area contributed by atoms with Crippen LogP contribution in [0.2, 0.25) is 0 Å². The summed E-state index contributed by atoms with van der Waals surface area (Å²) in [7, 11) is 0. The summed E-state index contributed by atoms with van der Waals surface area (Å²) in [5.41, 5.74) is 5.80. The van der Waals surface area contributed by atoms with Crippen LogP contribution >= 0.6 is 24.4 Å². The third-order valence-corrected chi connectivity index (χ3v) is 3.74. The Hall–Kier alpha value is -0.880. The monoisotopic (exact) mass is 284 g/mol. The van der Waals surface area contributed by atoms with Crippen LogP contribution in [0, 0.1) is 11.8 Å². The summed E-state index contributed by atoms with van der Waals surface area (Å²) in [5.74, 6) is 1.38. The molecule has 100 valence electrons. The van der Waals surface area contributed by atoms with Crippen molar-refractivity contribution in [3.05, 3.63) is 12.2 Å². The van der Waals surface area contributed by atoms with Crippen molar-refractivity contribution in [2.75, 3.05) is 0 Å². The van der Waals surface area contributed by atoms with Crippen LogP contribution in [0.5, 0.6) is 0 Å². The van der Waals surface area contributed by atoms with Gasteiger partial charge in [-0.2, -0.15) is 0 Å². The summed E-state index contributed by atoms with van der Waals surface area (Å²) in [6.45, 7) is 4.07. The van der Waals surface area contributed by atoms with Gasteiger partial charge in [-0.3, -0.25) is 10.9 Å². The molecule has 0 saturated heterocycles. The minimum absolute atomic E-state index is 0.309. The lowest BCUT2D eigenvalue weighted by Gasteiger charge is -2.22. The van der Waals surface area contributed by atoms with E-state index in [0.717, 1.165) is 5.92 Å². The molecule has 0 spiro atoms. The van der Waals surface area contributed by atoms with Gasteiger partial charge in [0.2, 0.25) is 0 Å². The van der Waals surface area contributed by atoms with Gasteiger partial charge in [-0.1, -0.05) is 12.2 Å². The van der Waals surface area contributed by atoms with Gasteiger partial charge in [-0.05, 0) is 63.0 Å². The average Bonchev–Trinajstić information content (AvgIpc) is 2.87. The van der Waals surface area contributed by atoms with Crippen LogP contribution in [0.25, 0.3) is 0 Å². The smallest absolute Gasteiger partial charge is 0.185 e. The minimum atomic E-state index is 0.309. The zero-order chi connectivity index (χ0) is 13.1. The molecule has 0 heterocycles. The summed E-state index contributed by atoms with van der Waals surface area (Å²) >= 11 is 10.3. The Morgan fingerprint density at radius 3 is 2.39 bits per heavy atom. The maximum Gasteiger partial charge on any atom is 0.185 e. The summed E-state index contributed by atoms with van der Waals surface area (Å²) in [6, 6.07) is 0.775. The summed E-state index contributed by atoms with van der Waals surface area (Å²) in [4.78, 5) is 0. The van der Waals surface area contributed by atoms with Crippen molar-refractivity contribution in [1.29, 1.82) is 0 Å². The molecule has 4 N–H and O–H groups in total. The van der Waals surface area contributed by atoms with E-state index in [4.69, 9.17) is 24.4 Å². The highest BCUT2D eigenvalue weighted by Crippen LogP contribution is 2.38. The van der Waals surface area contributed by atoms with Gasteiger partial charge < -0.3 is 10.6 Å². The summed E-state index contributed by atoms with van der Waals surface area (Å²) < 4.78 is 0. The maximum absolute atomic E-state index is 5.24. The lowest BCUT2D eigenvalue weighted by molar-refractivity contribution is 0.518. The van der Waals surface area contributed by atoms with Crippen molar-refractivity contribution in [2.24, 2.45) is 11.8 Å². The Morgan fingerprint density at radius 2 is 1.83 bits per heavy atom. The highest BCUT2D eigenvalue weighted by atomic mass is 32.1. The molecule has 2 rings (SSSR count). The van der Waals surface area contributed by atoms with Crippen molar-refractivity contribution in [3.63, 3.8) is 0 Å². The molecule has 0 aromatic heterocycles. The molecular formula is C12H20N4S2. The predicted octanol–water partition coefficient (Wildman–Crippen LogP) is 1.20. The Balaban J connectivity index is 1.67. The van der Waals surface area contributed by atoms with E-state index in [-0.39, 0.29) is 0 Å². The second-order valence-electron chi connectivity index (χ2n) is 5.24. The van der Waals surface area contributed by atoms with Gasteiger partial charge >= 0.3 is 0 Å². The molecule has 0 amide bonds. The van der Waals surface area contributed by atoms with E-state index in [1.165, 1.54) is 12.8 Å². The molecule has 0 aliphatic heterocycles. The number of hydrogen-bond donors (Lipinski definition) is 4. The predicted molar refractivity (Wildman–Crippen MR) is 82.0 cm³/mol. The van der Waals surface area contributed by atoms with Crippen LogP contribution in [-0.2, 0) is 0 Å². The standard InChI is InChI=1S/C12H20N4S2/c1-7(2)13-11(17)15-16-12(18)14-10-6-8-3-4-9(10)5-8/h3-4,7-10H,5-6H2,1-2H3,(H2,13,15,17)(H2,14,16,18)/t8-,9+,10+/m0/s1. The third kappa shape index (κ3) is 3.55. The van der Waals surface area contributed by atoms with Crippen LogP contribution in [0.3, 0.4) is 0 Å². The molecule has 2 aliphatic carbocycles. The number of hydrogen-bond acceptors (Lipinski definition) is 2. The van der Waals surface area contributed by atoms with Gasteiger partial charge in [0, 0.05) is 12.1 Å². The SMILES string of the molecule is CC(C)NC(=S)NNC(=S)N[C@@H]1C[C@H]2C=C[C@@H]1C2. The number of allylic oxidation sites excluding steroid dienone is 1. The largest absolute Gasteiger partial charge is 0.359 e. The molecule has 18 heavy (non-hydrogen) atoms. The molecule has 6 heteroatoms. The van der Waals surface area contributed by atoms with Crippen molar-refractivity contribution >= 4 is 34.7 Å². The second kappa shape index (κ2) is 5.84. The van der Waals surface area contributed by atoms with Crippen LogP contribution in [-0.4, -0.2) is 22.3 Å². The van der Waals surface area contributed by atoms with Crippen LogP contribution in [0.4, 0.5) is 0 Å². The fourth-order valence-corrected chi connectivity index (χ4v) is 3.05. The lowest BCUT2D eigenvalue weighted by Crippen LogP contribution is -2.53. The van der Waals surface area contributed by atoms with Crippen LogP contribution in [0.15, 0.2) is 12.2 Å². The lowest BCUT2D eigenvalue weighted by atomic mass is 10.0. The molecular weight excluding hydrogens is 264 g/mol. The fraction of sp³-hybridized carbons (Fsp3) is 0.667. The molecule has 2 aliphatic rings. The van der Waals surface area contributed by atoms with E-state index in [9.17, 15) is 0 Å². The normalized spacial score (nSPS) is 28.3. The molecule has 1 fully saturated rings. The molecule has 2 bridgehead atoms. The zero-order valence-corrected chi connectivity index (χ0v) is 12.3. The molecule has 0 aromatic rings. The second-order valence-corrected chi connectivity index (χ2v) is 6.05. The van der Waals surface area contributed by atoms with Gasteiger partial charge in [0.1, 0.15) is 0 Å². The molecule has 1 saturated carbocycles. The first-order chi connectivity index (χ1) is 8.54. The minimum Gasteiger partial charge on any atom is -0.359 e. The van der Waals surface area contributed by atoms with Gasteiger partial charge in [0.25, 0.3) is 0 Å². The van der Waals surface area contributed by atoms with E-state index in [1.807, 2.05) is 13.8 Å². The van der Waals surface area contributed by atoms with Gasteiger partial charge in [0.15, 0.2) is 10.2 Å². The van der Waals surface area contributed by atoms with Crippen molar-refractivity contribution in [1.82, 2.24) is 21.5 Å². The van der Waals surface area contributed by atoms with E-state index in [0.29, 0.717) is 28.2 Å². The Kier molecular flexibility index (Phi) is 4.40. The van der Waals surface area contributed by atoms with E-state index in [1.54, 1.807) is 0 Å². The average molecular weight is 284 g/mol. The highest BCUT2D eigenvalue weighted by molar-refractivity contribution is 7.80. The number of fused-ring (bicyclic) bond motifs is 2. The van der Waals surface area contributed by atoms with Gasteiger partial charge in [-0.25, -0.2) is 0 Å². The molecule has 0 radical (unpaired) electrons. The summed E-state index contributed by atoms with van der Waals surface area (Å²) in [6.07, 6.45) is 7.06. The highest BCUT2D eigenvalue weighted by Gasteiger charge is 2.35. The molecule has 3 atom stereocenters. The number of hydrazine groups is 1. The first-order valence-corrected chi connectivity index (χ1v) is 7.17. The van der Waals surface area contributed by atoms with Gasteiger partial charge in [-0.15, -0.1) is 0 Å². The third-order valence-electron chi connectivity index (χ3n) is 3.30. The number of rotatable bonds is 2. The quantitative estimate of drug-likeness (QED) is 0.347. The van der Waals surface area contributed by atoms with Crippen molar-refractivity contribution < 1.29 is 0 Å². The fourth-order valence-electron chi connectivity index (χ4n) is 2.56. The summed E-state index contributed by atoms with van der Waals surface area (Å²) in [5, 5.41) is 7.58. The van der Waals surface area contributed by atoms with Gasteiger partial charge in [0.05, 0.1) is 0 Å². The molecule has 0 aromatic carbocycles. The van der Waals surface area contributed by atoms with Crippen molar-refractivity contribution in [3.8, 4) is 0 Å². The molecule has 0 unspecified atom stereocenters. The van der Waals surface area contributed by atoms with Crippen LogP contribution in [0.1, 0.15) is 26.7 Å². The Labute approximate surface area is 119 Å². The van der Waals surface area contributed by atoms with Crippen molar-refractivity contribution in [2.45, 2.75) is 38.8 Å². The Bertz CT molecular complexity index is 367.